The van der Waals surface area contributed by atoms with Gasteiger partial charge in [-0.15, -0.1) is 0 Å². The molecule has 1 aliphatic rings. The van der Waals surface area contributed by atoms with Crippen molar-refractivity contribution >= 4 is 57.5 Å². The van der Waals surface area contributed by atoms with Crippen LogP contribution in [0.15, 0.2) is 78.6 Å². The number of aromatic nitrogens is 9. The Hall–Kier alpha value is -6.35. The first-order valence-corrected chi connectivity index (χ1v) is 22.4. The smallest absolute Gasteiger partial charge is 0.463 e. The average molecular weight is 1260 g/mol. The van der Waals surface area contributed by atoms with Gasteiger partial charge in [0.2, 0.25) is 0 Å². The molecule has 0 unspecified atom stereocenters. The van der Waals surface area contributed by atoms with Gasteiger partial charge in [0.15, 0.2) is 41.6 Å². The largest absolute Gasteiger partial charge is 0.496 e. The number of nitrogens with one attached hydrogen (secondary N) is 3. The van der Waals surface area contributed by atoms with Gasteiger partial charge in [0.05, 0.1) is 59.8 Å². The minimum atomic E-state index is -4.61. The molecule has 0 bridgehead atoms. The van der Waals surface area contributed by atoms with Crippen molar-refractivity contribution in [2.24, 2.45) is 5.84 Å². The maximum absolute atomic E-state index is 14.0. The van der Waals surface area contributed by atoms with Crippen LogP contribution in [0.5, 0.6) is 17.6 Å². The summed E-state index contributed by atoms with van der Waals surface area (Å²) in [5.41, 5.74) is 12.3. The van der Waals surface area contributed by atoms with E-state index in [4.69, 9.17) is 49.4 Å². The second-order valence-electron chi connectivity index (χ2n) is 15.9. The van der Waals surface area contributed by atoms with Crippen LogP contribution >= 0.6 is 39.1 Å². The monoisotopic (exact) mass is 1260 g/mol. The maximum atomic E-state index is 14.0. The van der Waals surface area contributed by atoms with Crippen LogP contribution in [0, 0.1) is 28.5 Å². The molecule has 0 amide bonds. The van der Waals surface area contributed by atoms with Crippen LogP contribution in [0.3, 0.4) is 0 Å². The normalized spacial score (nSPS) is 14.1. The average Bonchev–Trinajstić information content (AvgIpc) is 3.57. The Labute approximate surface area is 473 Å². The molecule has 446 valence electrons. The van der Waals surface area contributed by atoms with Gasteiger partial charge in [0.25, 0.3) is 17.6 Å². The van der Waals surface area contributed by atoms with Crippen molar-refractivity contribution < 1.29 is 77.6 Å². The fourth-order valence-corrected chi connectivity index (χ4v) is 5.35. The van der Waals surface area contributed by atoms with Crippen LogP contribution in [0.1, 0.15) is 79.6 Å². The molecular formula is C46H59BBrCl2F12N13O5. The lowest BCUT2D eigenvalue weighted by Crippen LogP contribution is -2.41. The highest BCUT2D eigenvalue weighted by Crippen LogP contribution is 2.37. The summed E-state index contributed by atoms with van der Waals surface area (Å²) < 4.78 is 179. The molecule has 0 spiro atoms. The number of anilines is 1. The van der Waals surface area contributed by atoms with Crippen molar-refractivity contribution in [3.8, 4) is 40.2 Å². The second-order valence-corrected chi connectivity index (χ2v) is 17.5. The molecule has 6 aromatic rings. The van der Waals surface area contributed by atoms with Gasteiger partial charge in [0.1, 0.15) is 14.9 Å². The quantitative estimate of drug-likeness (QED) is 0.0327. The van der Waals surface area contributed by atoms with Crippen LogP contribution in [0.2, 0.25) is 10.3 Å². The number of hydrogen-bond donors (Lipinski definition) is 4. The minimum Gasteiger partial charge on any atom is -0.463 e. The van der Waals surface area contributed by atoms with Crippen LogP contribution in [-0.2, 0) is 9.31 Å². The highest BCUT2D eigenvalue weighted by atomic mass is 79.9. The number of ether oxygens (including phenoxy) is 3. The van der Waals surface area contributed by atoms with E-state index in [1.54, 1.807) is 6.20 Å². The topological polar surface area (TPSA) is 248 Å². The third-order valence-corrected chi connectivity index (χ3v) is 10.6. The SMILES string of the molecule is C.C.C.C.C[C@H](Oc1ncc(-c2cnc(Cl)cn2)cc1F)C(F)(F)F.C[C@H](Oc1ncc(-c2cnc(NN)cn2)cc1F)C(F)(F)F.C[C@H](Oc1ncc(B2OC(C)(C)C(C)(C)O2)cc1F)C(F)(F)F.Clc1cnc(Br)cn1.N=N.[HH]. The number of nitrogens with zero attached hydrogens (tertiary/aromatic N) is 9. The lowest BCUT2D eigenvalue weighted by molar-refractivity contribution is -0.190. The van der Waals surface area contributed by atoms with Crippen molar-refractivity contribution in [3.63, 3.8) is 0 Å². The molecule has 1 aliphatic heterocycles. The Morgan fingerprint density at radius 2 is 0.900 bits per heavy atom. The van der Waals surface area contributed by atoms with E-state index in [-0.39, 0.29) is 64.3 Å². The van der Waals surface area contributed by atoms with Crippen molar-refractivity contribution in [3.05, 3.63) is 106 Å². The van der Waals surface area contributed by atoms with E-state index in [2.05, 4.69) is 80.4 Å². The number of hydrazine groups is 1. The number of rotatable bonds is 10. The molecule has 6 aromatic heterocycles. The predicted molar refractivity (Wildman–Crippen MR) is 281 cm³/mol. The van der Waals surface area contributed by atoms with Gasteiger partial charge in [0, 0.05) is 36.6 Å². The molecule has 0 aromatic carbocycles. The summed E-state index contributed by atoms with van der Waals surface area (Å²) in [6.45, 7) is 9.64. The first-order chi connectivity index (χ1) is 35.2. The lowest BCUT2D eigenvalue weighted by atomic mass is 9.80. The lowest BCUT2D eigenvalue weighted by Gasteiger charge is -2.32. The highest BCUT2D eigenvalue weighted by molar-refractivity contribution is 9.10. The minimum absolute atomic E-state index is 0. The Kier molecular flexibility index (Phi) is 30.5. The fraction of sp³-hybridized carbons (Fsp3) is 0.413. The highest BCUT2D eigenvalue weighted by Gasteiger charge is 2.52. The number of nitrogens with two attached hydrogens (primary N) is 1. The van der Waals surface area contributed by atoms with E-state index in [1.807, 2.05) is 27.7 Å². The van der Waals surface area contributed by atoms with Crippen LogP contribution < -0.4 is 30.9 Å². The number of pyridine rings is 3. The van der Waals surface area contributed by atoms with E-state index in [9.17, 15) is 52.7 Å². The van der Waals surface area contributed by atoms with E-state index in [0.29, 0.717) is 15.6 Å². The summed E-state index contributed by atoms with van der Waals surface area (Å²) in [6, 6.07) is 2.93. The first kappa shape index (κ1) is 75.7. The molecule has 7 rings (SSSR count). The summed E-state index contributed by atoms with van der Waals surface area (Å²) in [6.07, 6.45) is -8.66. The molecule has 7 heterocycles. The summed E-state index contributed by atoms with van der Waals surface area (Å²) >= 11 is 14.1. The van der Waals surface area contributed by atoms with Crippen LogP contribution in [0.4, 0.5) is 58.5 Å². The predicted octanol–water partition coefficient (Wildman–Crippen LogP) is 14.1. The van der Waals surface area contributed by atoms with Crippen molar-refractivity contribution in [1.29, 1.82) is 11.1 Å². The molecule has 3 atom stereocenters. The van der Waals surface area contributed by atoms with Crippen molar-refractivity contribution in [1.82, 2.24) is 44.9 Å². The Balaban J connectivity index is -0.00000101. The molecule has 5 N–H and O–H groups in total. The Bertz CT molecular complexity index is 2780. The molecule has 1 fully saturated rings. The third kappa shape index (κ3) is 22.7. The molecule has 1 saturated heterocycles. The van der Waals surface area contributed by atoms with Gasteiger partial charge >= 0.3 is 25.6 Å². The number of hydrogen-bond acceptors (Lipinski definition) is 18. The molecule has 0 saturated carbocycles. The molecule has 34 heteroatoms. The number of nitrogen functional groups attached to an aromatic ring is 1. The maximum Gasteiger partial charge on any atom is 0.496 e. The Morgan fingerprint density at radius 1 is 0.550 bits per heavy atom. The molecule has 18 nitrogen and oxygen atoms in total. The molecule has 80 heavy (non-hydrogen) atoms. The van der Waals surface area contributed by atoms with Crippen molar-refractivity contribution in [2.75, 3.05) is 5.43 Å². The standard InChI is InChI=1S/C14H18BF4NO3.C12H8ClF4N3O.C12H11F4N5O.C4H2BrClN2.4CH4.H2N2.H2/c1-8(14(17,18)19)21-11-10(16)6-9(7-20-11)15-22-12(2,3)13(4,5)23-15;1-6(12(15,16)17)21-11-8(14)2-7(3-20-11)9-4-19-10(13)5-18-9;1-6(12(14,15)16)22-11-8(13)2-7(3-20-11)9-4-19-10(21-17)5-18-9;5-3-1-8-4(6)2-7-3;;;;;1-2;/h6-8H,1-5H3;2-6H,1H3;2-6H,17H2,1H3,(H,19,21);1-2H;4*1H4;1-2H;1H/t8-;2*6-;;;;;;;/m000......./s1. The van der Waals surface area contributed by atoms with Gasteiger partial charge in [-0.25, -0.2) is 65.0 Å². The van der Waals surface area contributed by atoms with Gasteiger partial charge in [-0.3, -0.25) is 9.97 Å². The van der Waals surface area contributed by atoms with E-state index in [0.717, 1.165) is 51.4 Å². The molecule has 0 radical (unpaired) electrons. The molecular weight excluding hydrogens is 1200 g/mol. The zero-order chi connectivity index (χ0) is 57.6. The van der Waals surface area contributed by atoms with E-state index in [1.165, 1.54) is 37.2 Å². The third-order valence-electron chi connectivity index (χ3n) is 9.82. The zero-order valence-corrected chi connectivity index (χ0v) is 43.1. The van der Waals surface area contributed by atoms with Crippen molar-refractivity contribution in [2.45, 2.75) is 126 Å². The number of alkyl halides is 9. The molecule has 0 aliphatic carbocycles. The van der Waals surface area contributed by atoms with E-state index < -0.39 is 90.3 Å². The first-order valence-electron chi connectivity index (χ1n) is 20.9. The zero-order valence-electron chi connectivity index (χ0n) is 40.1. The van der Waals surface area contributed by atoms with Crippen LogP contribution in [0.25, 0.3) is 22.5 Å². The summed E-state index contributed by atoms with van der Waals surface area (Å²) in [4.78, 5) is 33.7. The summed E-state index contributed by atoms with van der Waals surface area (Å²) in [7, 11) is -0.851. The van der Waals surface area contributed by atoms with Gasteiger partial charge in [-0.1, -0.05) is 52.9 Å². The summed E-state index contributed by atoms with van der Waals surface area (Å²) in [5, 5.41) is 0.569. The van der Waals surface area contributed by atoms with Gasteiger partial charge in [-0.05, 0) is 82.6 Å². The van der Waals surface area contributed by atoms with E-state index >= 15 is 0 Å². The second kappa shape index (κ2) is 32.2. The Morgan fingerprint density at radius 3 is 1.19 bits per heavy atom. The summed E-state index contributed by atoms with van der Waals surface area (Å²) in [5.74, 6) is 0.190. The van der Waals surface area contributed by atoms with Gasteiger partial charge in [-0.2, -0.15) is 39.5 Å². The fourth-order valence-electron chi connectivity index (χ4n) is 4.95. The number of halogens is 15. The van der Waals surface area contributed by atoms with Gasteiger partial charge < -0.3 is 28.9 Å². The van der Waals surface area contributed by atoms with Crippen LogP contribution in [-0.4, -0.2) is 100 Å².